The number of rotatable bonds is 3. The van der Waals surface area contributed by atoms with E-state index in [1.165, 1.54) is 50.0 Å². The van der Waals surface area contributed by atoms with Gasteiger partial charge in [0.2, 0.25) is 0 Å². The van der Waals surface area contributed by atoms with Gasteiger partial charge in [0.15, 0.2) is 0 Å². The van der Waals surface area contributed by atoms with Gasteiger partial charge >= 0.3 is 5.97 Å². The smallest absolute Gasteiger partial charge is 0.338 e. The molecule has 4 aliphatic rings. The molecular formula is C19H23NO2. The molecule has 0 amide bonds. The summed E-state index contributed by atoms with van der Waals surface area (Å²) in [6.45, 7) is 6.17. The number of hydrogen-bond donors (Lipinski definition) is 0. The standard InChI is InChI=1S/C19H23NO2/c1-14-3-2-4-15-5-6-16(17(14)15)18(21)22-13-19-7-10-20(11-8-19)12-9-19/h2-4,6H,5,7-13H2,1H3. The van der Waals surface area contributed by atoms with Crippen molar-refractivity contribution >= 4 is 11.5 Å². The lowest BCUT2D eigenvalue weighted by Gasteiger charge is -2.47. The Labute approximate surface area is 132 Å². The van der Waals surface area contributed by atoms with Gasteiger partial charge in [-0.15, -0.1) is 0 Å². The minimum atomic E-state index is -0.129. The van der Waals surface area contributed by atoms with E-state index < -0.39 is 0 Å². The third kappa shape index (κ3) is 2.28. The lowest BCUT2D eigenvalue weighted by molar-refractivity contribution is -0.143. The van der Waals surface area contributed by atoms with Crippen LogP contribution in [0, 0.1) is 12.3 Å². The van der Waals surface area contributed by atoms with E-state index in [-0.39, 0.29) is 11.4 Å². The maximum Gasteiger partial charge on any atom is 0.338 e. The van der Waals surface area contributed by atoms with Crippen molar-refractivity contribution in [1.82, 2.24) is 4.90 Å². The Hall–Kier alpha value is -1.61. The van der Waals surface area contributed by atoms with E-state index in [0.29, 0.717) is 6.61 Å². The van der Waals surface area contributed by atoms with Gasteiger partial charge < -0.3 is 9.64 Å². The lowest BCUT2D eigenvalue weighted by atomic mass is 9.73. The molecule has 1 aromatic rings. The third-order valence-electron chi connectivity index (χ3n) is 5.76. The van der Waals surface area contributed by atoms with E-state index in [1.807, 2.05) is 6.08 Å². The second-order valence-corrected chi connectivity index (χ2v) is 7.10. The number of hydrogen-bond acceptors (Lipinski definition) is 3. The zero-order valence-electron chi connectivity index (χ0n) is 13.2. The van der Waals surface area contributed by atoms with Crippen molar-refractivity contribution in [3.05, 3.63) is 41.0 Å². The van der Waals surface area contributed by atoms with Crippen LogP contribution in [0.4, 0.5) is 0 Å². The van der Waals surface area contributed by atoms with Gasteiger partial charge in [-0.25, -0.2) is 4.79 Å². The van der Waals surface area contributed by atoms with Gasteiger partial charge in [0.05, 0.1) is 12.2 Å². The molecule has 1 aliphatic carbocycles. The molecule has 0 spiro atoms. The maximum absolute atomic E-state index is 12.6. The number of nitrogens with zero attached hydrogens (tertiary/aromatic N) is 1. The normalized spacial score (nSPS) is 29.1. The summed E-state index contributed by atoms with van der Waals surface area (Å²) in [7, 11) is 0. The molecule has 0 saturated carbocycles. The molecule has 116 valence electrons. The van der Waals surface area contributed by atoms with Gasteiger partial charge in [-0.2, -0.15) is 0 Å². The number of carbonyl (C=O) groups excluding carboxylic acids is 1. The lowest BCUT2D eigenvalue weighted by Crippen LogP contribution is -2.50. The monoisotopic (exact) mass is 297 g/mol. The van der Waals surface area contributed by atoms with Crippen LogP contribution in [0.2, 0.25) is 0 Å². The second kappa shape index (κ2) is 5.24. The fourth-order valence-electron chi connectivity index (χ4n) is 4.19. The van der Waals surface area contributed by atoms with Crippen LogP contribution in [-0.4, -0.2) is 37.1 Å². The predicted octanol–water partition coefficient (Wildman–Crippen LogP) is 2.96. The quantitative estimate of drug-likeness (QED) is 0.803. The van der Waals surface area contributed by atoms with Crippen molar-refractivity contribution < 1.29 is 9.53 Å². The molecule has 0 N–H and O–H groups in total. The van der Waals surface area contributed by atoms with E-state index in [0.717, 1.165) is 17.6 Å². The SMILES string of the molecule is Cc1cccc2c1C(C(=O)OCC13CCN(CC1)CC3)=CC2. The molecule has 0 aromatic heterocycles. The summed E-state index contributed by atoms with van der Waals surface area (Å²) >= 11 is 0. The zero-order valence-corrected chi connectivity index (χ0v) is 13.2. The first-order valence-electron chi connectivity index (χ1n) is 8.35. The molecule has 3 nitrogen and oxygen atoms in total. The van der Waals surface area contributed by atoms with Crippen LogP contribution < -0.4 is 0 Å². The summed E-state index contributed by atoms with van der Waals surface area (Å²) in [4.78, 5) is 15.1. The number of piperidine rings is 3. The van der Waals surface area contributed by atoms with Crippen LogP contribution in [0.25, 0.3) is 5.57 Å². The molecule has 0 atom stereocenters. The molecule has 3 heterocycles. The fourth-order valence-corrected chi connectivity index (χ4v) is 4.19. The minimum absolute atomic E-state index is 0.129. The highest BCUT2D eigenvalue weighted by Gasteiger charge is 2.40. The Morgan fingerprint density at radius 3 is 2.68 bits per heavy atom. The molecular weight excluding hydrogens is 274 g/mol. The molecule has 1 aromatic carbocycles. The Morgan fingerprint density at radius 2 is 1.95 bits per heavy atom. The van der Waals surface area contributed by atoms with Crippen LogP contribution in [-0.2, 0) is 16.0 Å². The molecule has 5 rings (SSSR count). The number of benzene rings is 1. The van der Waals surface area contributed by atoms with Crippen LogP contribution in [0.15, 0.2) is 24.3 Å². The van der Waals surface area contributed by atoms with E-state index in [4.69, 9.17) is 4.74 Å². The third-order valence-corrected chi connectivity index (χ3v) is 5.76. The summed E-state index contributed by atoms with van der Waals surface area (Å²) in [5, 5.41) is 0. The average Bonchev–Trinajstić information content (AvgIpc) is 3.00. The average molecular weight is 297 g/mol. The first-order valence-corrected chi connectivity index (χ1v) is 8.35. The highest BCUT2D eigenvalue weighted by molar-refractivity contribution is 6.18. The topological polar surface area (TPSA) is 29.5 Å². The number of esters is 1. The van der Waals surface area contributed by atoms with E-state index in [1.54, 1.807) is 0 Å². The molecule has 3 aliphatic heterocycles. The predicted molar refractivity (Wildman–Crippen MR) is 86.5 cm³/mol. The fraction of sp³-hybridized carbons (Fsp3) is 0.526. The largest absolute Gasteiger partial charge is 0.461 e. The van der Waals surface area contributed by atoms with Crippen molar-refractivity contribution in [3.63, 3.8) is 0 Å². The van der Waals surface area contributed by atoms with Crippen molar-refractivity contribution in [2.24, 2.45) is 5.41 Å². The molecule has 3 fully saturated rings. The van der Waals surface area contributed by atoms with Gasteiger partial charge in [0, 0.05) is 5.41 Å². The van der Waals surface area contributed by atoms with Crippen molar-refractivity contribution in [3.8, 4) is 0 Å². The highest BCUT2D eigenvalue weighted by atomic mass is 16.5. The van der Waals surface area contributed by atoms with Gasteiger partial charge in [-0.05, 0) is 68.9 Å². The molecule has 3 saturated heterocycles. The van der Waals surface area contributed by atoms with Crippen LogP contribution in [0.1, 0.15) is 36.0 Å². The summed E-state index contributed by atoms with van der Waals surface area (Å²) < 4.78 is 5.77. The van der Waals surface area contributed by atoms with E-state index in [9.17, 15) is 4.79 Å². The number of aryl methyl sites for hydroxylation is 1. The highest BCUT2D eigenvalue weighted by Crippen LogP contribution is 2.40. The Bertz CT molecular complexity index is 625. The molecule has 22 heavy (non-hydrogen) atoms. The second-order valence-electron chi connectivity index (χ2n) is 7.10. The Balaban J connectivity index is 1.46. The summed E-state index contributed by atoms with van der Waals surface area (Å²) in [5.41, 5.74) is 4.54. The van der Waals surface area contributed by atoms with Crippen molar-refractivity contribution in [1.29, 1.82) is 0 Å². The van der Waals surface area contributed by atoms with Crippen LogP contribution in [0.5, 0.6) is 0 Å². The van der Waals surface area contributed by atoms with Crippen LogP contribution >= 0.6 is 0 Å². The van der Waals surface area contributed by atoms with Crippen molar-refractivity contribution in [2.45, 2.75) is 32.6 Å². The number of carbonyl (C=O) groups is 1. The van der Waals surface area contributed by atoms with E-state index in [2.05, 4.69) is 30.0 Å². The number of allylic oxidation sites excluding steroid dienone is 1. The van der Waals surface area contributed by atoms with Gasteiger partial charge in [0.25, 0.3) is 0 Å². The first-order chi connectivity index (χ1) is 10.7. The maximum atomic E-state index is 12.6. The zero-order chi connectivity index (χ0) is 15.2. The first kappa shape index (κ1) is 14.0. The van der Waals surface area contributed by atoms with Gasteiger partial charge in [-0.1, -0.05) is 24.3 Å². The Kier molecular flexibility index (Phi) is 3.33. The molecule has 2 bridgehead atoms. The summed E-state index contributed by atoms with van der Waals surface area (Å²) in [6.07, 6.45) is 6.40. The number of ether oxygens (including phenoxy) is 1. The van der Waals surface area contributed by atoms with E-state index >= 15 is 0 Å². The summed E-state index contributed by atoms with van der Waals surface area (Å²) in [5.74, 6) is -0.129. The van der Waals surface area contributed by atoms with Crippen LogP contribution in [0.3, 0.4) is 0 Å². The Morgan fingerprint density at radius 1 is 1.23 bits per heavy atom. The molecule has 0 radical (unpaired) electrons. The summed E-state index contributed by atoms with van der Waals surface area (Å²) in [6, 6.07) is 6.24. The molecule has 0 unspecified atom stereocenters. The molecule has 3 heteroatoms. The van der Waals surface area contributed by atoms with Gasteiger partial charge in [0.1, 0.15) is 0 Å². The number of fused-ring (bicyclic) bond motifs is 4. The minimum Gasteiger partial charge on any atom is -0.461 e. The van der Waals surface area contributed by atoms with Gasteiger partial charge in [-0.3, -0.25) is 0 Å². The van der Waals surface area contributed by atoms with Crippen molar-refractivity contribution in [2.75, 3.05) is 26.2 Å².